The van der Waals surface area contributed by atoms with Gasteiger partial charge in [0.2, 0.25) is 0 Å². The number of ketones is 2. The number of ether oxygens (including phenoxy) is 2. The monoisotopic (exact) mass is 518 g/mol. The molecule has 3 aromatic rings. The molecule has 38 heavy (non-hydrogen) atoms. The van der Waals surface area contributed by atoms with E-state index in [1.165, 1.54) is 6.26 Å². The first-order chi connectivity index (χ1) is 17.8. The third kappa shape index (κ3) is 5.47. The highest BCUT2D eigenvalue weighted by atomic mass is 16.6. The lowest BCUT2D eigenvalue weighted by Gasteiger charge is -2.32. The van der Waals surface area contributed by atoms with E-state index < -0.39 is 35.0 Å². The van der Waals surface area contributed by atoms with Gasteiger partial charge in [-0.15, -0.1) is 0 Å². The molecule has 0 spiro atoms. The number of esters is 2. The molecule has 7 heteroatoms. The van der Waals surface area contributed by atoms with E-state index in [1.807, 2.05) is 27.7 Å². The molecule has 0 saturated heterocycles. The van der Waals surface area contributed by atoms with Gasteiger partial charge in [0.05, 0.1) is 11.7 Å². The Bertz CT molecular complexity index is 1400. The average Bonchev–Trinajstić information content (AvgIpc) is 3.44. The molecule has 7 nitrogen and oxygen atoms in total. The predicted octanol–water partition coefficient (Wildman–Crippen LogP) is 5.63. The number of rotatable bonds is 9. The molecule has 0 aliphatic heterocycles. The Labute approximate surface area is 223 Å². The zero-order valence-corrected chi connectivity index (χ0v) is 23.2. The van der Waals surface area contributed by atoms with Gasteiger partial charge in [0.15, 0.2) is 0 Å². The highest BCUT2D eigenvalue weighted by molar-refractivity contribution is 6.41. The van der Waals surface area contributed by atoms with Crippen LogP contribution in [0.3, 0.4) is 0 Å². The van der Waals surface area contributed by atoms with Crippen molar-refractivity contribution < 1.29 is 33.1 Å². The molecule has 2 atom stereocenters. The maximum Gasteiger partial charge on any atom is 0.379 e. The summed E-state index contributed by atoms with van der Waals surface area (Å²) in [6, 6.07) is 10.1. The smallest absolute Gasteiger partial charge is 0.379 e. The molecule has 200 valence electrons. The molecular weight excluding hydrogens is 484 g/mol. The number of hydrogen-bond acceptors (Lipinski definition) is 7. The summed E-state index contributed by atoms with van der Waals surface area (Å²) in [5.74, 6) is -3.23. The average molecular weight is 519 g/mol. The van der Waals surface area contributed by atoms with Gasteiger partial charge in [0.25, 0.3) is 11.6 Å². The number of carbonyl (C=O) groups is 4. The molecular formula is C31H34O7. The van der Waals surface area contributed by atoms with E-state index >= 15 is 0 Å². The minimum absolute atomic E-state index is 0.269. The topological polar surface area (TPSA) is 99.9 Å². The quantitative estimate of drug-likeness (QED) is 0.206. The van der Waals surface area contributed by atoms with Crippen molar-refractivity contribution in [2.45, 2.75) is 66.9 Å². The second-order valence-electron chi connectivity index (χ2n) is 10.0. The summed E-state index contributed by atoms with van der Waals surface area (Å²) < 4.78 is 16.6. The molecule has 0 aliphatic rings. The van der Waals surface area contributed by atoms with E-state index in [2.05, 4.69) is 0 Å². The molecule has 0 bridgehead atoms. The normalized spacial score (nSPS) is 13.4. The van der Waals surface area contributed by atoms with Crippen molar-refractivity contribution in [3.05, 3.63) is 92.9 Å². The van der Waals surface area contributed by atoms with Crippen LogP contribution in [0, 0.1) is 41.5 Å². The molecule has 0 fully saturated rings. The van der Waals surface area contributed by atoms with Crippen molar-refractivity contribution in [3.63, 3.8) is 0 Å². The van der Waals surface area contributed by atoms with Crippen LogP contribution in [0.5, 0.6) is 0 Å². The van der Waals surface area contributed by atoms with Crippen LogP contribution >= 0.6 is 0 Å². The summed E-state index contributed by atoms with van der Waals surface area (Å²) in [5.41, 5.74) is 4.66. The third-order valence-electron chi connectivity index (χ3n) is 7.74. The molecule has 0 amide bonds. The lowest BCUT2D eigenvalue weighted by molar-refractivity contribution is -0.150. The minimum atomic E-state index is -1.17. The number of hydrogen-bond donors (Lipinski definition) is 0. The molecule has 1 aromatic heterocycles. The van der Waals surface area contributed by atoms with Crippen LogP contribution < -0.4 is 0 Å². The largest absolute Gasteiger partial charge is 0.468 e. The zero-order valence-electron chi connectivity index (χ0n) is 23.2. The van der Waals surface area contributed by atoms with Gasteiger partial charge in [-0.1, -0.05) is 24.3 Å². The van der Waals surface area contributed by atoms with Crippen molar-refractivity contribution in [1.82, 2.24) is 0 Å². The Morgan fingerprint density at radius 3 is 1.74 bits per heavy atom. The SMILES string of the molecule is Cc1ccc(C(=O)C(=O)OCC(C)(c2ccco2)C(C)OC(=O)C(=O)c2ccc(C)c(C)c2C)c(C)c1C. The van der Waals surface area contributed by atoms with Crippen LogP contribution in [0.25, 0.3) is 0 Å². The third-order valence-corrected chi connectivity index (χ3v) is 7.74. The minimum Gasteiger partial charge on any atom is -0.468 e. The Kier molecular flexibility index (Phi) is 8.40. The molecule has 0 N–H and O–H groups in total. The van der Waals surface area contributed by atoms with Crippen LogP contribution in [-0.2, 0) is 24.5 Å². The zero-order chi connectivity index (χ0) is 28.4. The van der Waals surface area contributed by atoms with Crippen molar-refractivity contribution >= 4 is 23.5 Å². The highest BCUT2D eigenvalue weighted by Gasteiger charge is 2.41. The molecule has 1 heterocycles. The van der Waals surface area contributed by atoms with Gasteiger partial charge in [-0.3, -0.25) is 9.59 Å². The van der Waals surface area contributed by atoms with E-state index in [0.29, 0.717) is 16.9 Å². The molecule has 0 saturated carbocycles. The summed E-state index contributed by atoms with van der Waals surface area (Å²) in [6.45, 7) is 14.1. The summed E-state index contributed by atoms with van der Waals surface area (Å²) in [7, 11) is 0. The maximum absolute atomic E-state index is 12.9. The van der Waals surface area contributed by atoms with Gasteiger partial charge in [0, 0.05) is 11.1 Å². The first-order valence-corrected chi connectivity index (χ1v) is 12.4. The first kappa shape index (κ1) is 28.6. The van der Waals surface area contributed by atoms with Gasteiger partial charge in [-0.2, -0.15) is 0 Å². The van der Waals surface area contributed by atoms with Gasteiger partial charge in [-0.05, 0) is 101 Å². The lowest BCUT2D eigenvalue weighted by atomic mass is 9.83. The Balaban J connectivity index is 1.80. The van der Waals surface area contributed by atoms with E-state index in [4.69, 9.17) is 13.9 Å². The van der Waals surface area contributed by atoms with Crippen molar-refractivity contribution in [2.24, 2.45) is 0 Å². The second kappa shape index (κ2) is 11.2. The van der Waals surface area contributed by atoms with Crippen molar-refractivity contribution in [3.8, 4) is 0 Å². The van der Waals surface area contributed by atoms with Crippen LogP contribution in [0.4, 0.5) is 0 Å². The van der Waals surface area contributed by atoms with Crippen molar-refractivity contribution in [1.29, 1.82) is 0 Å². The second-order valence-corrected chi connectivity index (χ2v) is 10.0. The van der Waals surface area contributed by atoms with E-state index in [9.17, 15) is 19.2 Å². The van der Waals surface area contributed by atoms with Crippen LogP contribution in [0.15, 0.2) is 47.1 Å². The van der Waals surface area contributed by atoms with Crippen LogP contribution in [-0.4, -0.2) is 36.2 Å². The fourth-order valence-electron chi connectivity index (χ4n) is 4.24. The van der Waals surface area contributed by atoms with Gasteiger partial charge in [-0.25, -0.2) is 9.59 Å². The number of aryl methyl sites for hydroxylation is 2. The molecule has 2 unspecified atom stereocenters. The van der Waals surface area contributed by atoms with Gasteiger partial charge in [0.1, 0.15) is 18.5 Å². The van der Waals surface area contributed by atoms with Crippen LogP contribution in [0.1, 0.15) is 73.7 Å². The number of benzene rings is 2. The first-order valence-electron chi connectivity index (χ1n) is 12.4. The lowest BCUT2D eigenvalue weighted by Crippen LogP contribution is -2.44. The fraction of sp³-hybridized carbons (Fsp3) is 0.355. The van der Waals surface area contributed by atoms with Crippen molar-refractivity contribution in [2.75, 3.05) is 6.61 Å². The molecule has 2 aromatic carbocycles. The summed E-state index contributed by atoms with van der Waals surface area (Å²) in [6.07, 6.45) is 0.500. The molecule has 0 radical (unpaired) electrons. The number of Topliss-reactive ketones (excluding diaryl/α,β-unsaturated/α-hetero) is 2. The standard InChI is InChI=1S/C31H34O7/c1-17-11-13-24(21(5)19(17)3)27(32)29(34)37-16-31(8,26-10-9-15-36-26)23(7)38-30(35)28(33)25-14-12-18(2)20(4)22(25)6/h9-15,23H,16H2,1-8H3. The molecule has 3 rings (SSSR count). The van der Waals surface area contributed by atoms with E-state index in [0.717, 1.165) is 22.3 Å². The van der Waals surface area contributed by atoms with Gasteiger partial charge >= 0.3 is 11.9 Å². The summed E-state index contributed by atoms with van der Waals surface area (Å²) in [5, 5.41) is 0. The van der Waals surface area contributed by atoms with Crippen LogP contribution in [0.2, 0.25) is 0 Å². The number of furan rings is 1. The molecule has 0 aliphatic carbocycles. The highest BCUT2D eigenvalue weighted by Crippen LogP contribution is 2.31. The maximum atomic E-state index is 12.9. The summed E-state index contributed by atoms with van der Waals surface area (Å²) in [4.78, 5) is 51.5. The Morgan fingerprint density at radius 1 is 0.763 bits per heavy atom. The Morgan fingerprint density at radius 2 is 1.26 bits per heavy atom. The number of carbonyl (C=O) groups excluding carboxylic acids is 4. The predicted molar refractivity (Wildman–Crippen MR) is 143 cm³/mol. The Hall–Kier alpha value is -4.00. The van der Waals surface area contributed by atoms with Gasteiger partial charge < -0.3 is 13.9 Å². The summed E-state index contributed by atoms with van der Waals surface area (Å²) >= 11 is 0. The van der Waals surface area contributed by atoms with E-state index in [-0.39, 0.29) is 17.7 Å². The fourth-order valence-corrected chi connectivity index (χ4v) is 4.24. The van der Waals surface area contributed by atoms with E-state index in [1.54, 1.807) is 64.1 Å².